The maximum atomic E-state index is 12.6. The van der Waals surface area contributed by atoms with E-state index >= 15 is 0 Å². The molecule has 0 radical (unpaired) electrons. The molecule has 1 aromatic heterocycles. The quantitative estimate of drug-likeness (QED) is 0.675. The van der Waals surface area contributed by atoms with E-state index in [1.807, 2.05) is 37.3 Å². The minimum Gasteiger partial charge on any atom is -0.494 e. The van der Waals surface area contributed by atoms with Crippen molar-refractivity contribution < 1.29 is 14.1 Å². The number of hydrogen-bond acceptors (Lipinski definition) is 6. The van der Waals surface area contributed by atoms with Crippen LogP contribution >= 0.6 is 0 Å². The first-order valence-corrected chi connectivity index (χ1v) is 8.32. The van der Waals surface area contributed by atoms with Gasteiger partial charge in [0.05, 0.1) is 18.7 Å². The van der Waals surface area contributed by atoms with Crippen molar-refractivity contribution in [2.45, 2.75) is 20.4 Å². The molecule has 2 aromatic carbocycles. The van der Waals surface area contributed by atoms with Gasteiger partial charge in [-0.2, -0.15) is 4.98 Å². The molecule has 0 saturated carbocycles. The monoisotopic (exact) mass is 352 g/mol. The lowest BCUT2D eigenvalue weighted by Crippen LogP contribution is -2.14. The van der Waals surface area contributed by atoms with Gasteiger partial charge < -0.3 is 19.9 Å². The number of nitrogens with zero attached hydrogens (tertiary/aromatic N) is 2. The first kappa shape index (κ1) is 17.5. The van der Waals surface area contributed by atoms with E-state index in [0.29, 0.717) is 41.8 Å². The Labute approximate surface area is 151 Å². The Kier molecular flexibility index (Phi) is 5.48. The average molecular weight is 352 g/mol. The molecule has 0 bridgehead atoms. The minimum atomic E-state index is -0.209. The zero-order valence-corrected chi connectivity index (χ0v) is 14.7. The van der Waals surface area contributed by atoms with E-state index in [1.165, 1.54) is 0 Å². The van der Waals surface area contributed by atoms with Crippen molar-refractivity contribution in [1.82, 2.24) is 10.1 Å². The van der Waals surface area contributed by atoms with Gasteiger partial charge in [0, 0.05) is 11.4 Å². The van der Waals surface area contributed by atoms with Crippen molar-refractivity contribution in [2.24, 2.45) is 0 Å². The second-order valence-electron chi connectivity index (χ2n) is 5.55. The number of rotatable bonds is 7. The van der Waals surface area contributed by atoms with Crippen LogP contribution in [0.15, 0.2) is 53.1 Å². The molecule has 0 aliphatic rings. The summed E-state index contributed by atoms with van der Waals surface area (Å²) in [5.41, 5.74) is 1.91. The first-order valence-electron chi connectivity index (χ1n) is 8.32. The van der Waals surface area contributed by atoms with Crippen LogP contribution in [0.4, 0.5) is 11.4 Å². The van der Waals surface area contributed by atoms with Gasteiger partial charge in [-0.05, 0) is 50.2 Å². The highest BCUT2D eigenvalue weighted by molar-refractivity contribution is 6.08. The third-order valence-corrected chi connectivity index (χ3v) is 3.59. The Morgan fingerprint density at radius 1 is 1.15 bits per heavy atom. The van der Waals surface area contributed by atoms with Crippen LogP contribution in [-0.4, -0.2) is 22.7 Å². The van der Waals surface area contributed by atoms with E-state index in [0.717, 1.165) is 5.75 Å². The van der Waals surface area contributed by atoms with Crippen molar-refractivity contribution >= 4 is 17.3 Å². The van der Waals surface area contributed by atoms with Gasteiger partial charge >= 0.3 is 0 Å². The molecule has 2 N–H and O–H groups in total. The summed E-state index contributed by atoms with van der Waals surface area (Å²) in [7, 11) is 0. The summed E-state index contributed by atoms with van der Waals surface area (Å²) in [6, 6.07) is 14.5. The molecule has 1 heterocycles. The molecular formula is C19H20N4O3. The second kappa shape index (κ2) is 8.15. The van der Waals surface area contributed by atoms with Crippen LogP contribution in [0.2, 0.25) is 0 Å². The van der Waals surface area contributed by atoms with Crippen molar-refractivity contribution in [2.75, 3.05) is 17.2 Å². The topological polar surface area (TPSA) is 89.3 Å². The summed E-state index contributed by atoms with van der Waals surface area (Å²) in [5.74, 6) is 1.59. The van der Waals surface area contributed by atoms with E-state index in [-0.39, 0.29) is 5.91 Å². The average Bonchev–Trinajstić information content (AvgIpc) is 3.07. The molecule has 3 rings (SSSR count). The summed E-state index contributed by atoms with van der Waals surface area (Å²) < 4.78 is 10.5. The van der Waals surface area contributed by atoms with Gasteiger partial charge in [0.15, 0.2) is 5.82 Å². The van der Waals surface area contributed by atoms with Crippen LogP contribution in [0, 0.1) is 6.92 Å². The zero-order valence-electron chi connectivity index (χ0n) is 14.7. The predicted molar refractivity (Wildman–Crippen MR) is 98.4 cm³/mol. The van der Waals surface area contributed by atoms with Crippen molar-refractivity contribution in [3.05, 3.63) is 65.8 Å². The van der Waals surface area contributed by atoms with Gasteiger partial charge in [0.25, 0.3) is 5.91 Å². The maximum Gasteiger partial charge on any atom is 0.257 e. The van der Waals surface area contributed by atoms with Crippen LogP contribution in [0.25, 0.3) is 0 Å². The summed E-state index contributed by atoms with van der Waals surface area (Å²) >= 11 is 0. The van der Waals surface area contributed by atoms with E-state index in [4.69, 9.17) is 9.26 Å². The van der Waals surface area contributed by atoms with Crippen LogP contribution in [0.1, 0.15) is 29.0 Å². The number of para-hydroxylation sites is 1. The summed E-state index contributed by atoms with van der Waals surface area (Å²) in [5, 5.41) is 9.79. The Hall–Kier alpha value is -3.35. The highest BCUT2D eigenvalue weighted by atomic mass is 16.5. The van der Waals surface area contributed by atoms with Crippen LogP contribution < -0.4 is 15.4 Å². The zero-order chi connectivity index (χ0) is 18.4. The number of anilines is 2. The van der Waals surface area contributed by atoms with E-state index < -0.39 is 0 Å². The summed E-state index contributed by atoms with van der Waals surface area (Å²) in [6.07, 6.45) is 0. The molecule has 3 aromatic rings. The molecule has 7 nitrogen and oxygen atoms in total. The predicted octanol–water partition coefficient (Wildman–Crippen LogP) is 3.64. The van der Waals surface area contributed by atoms with Crippen molar-refractivity contribution in [3.63, 3.8) is 0 Å². The number of ether oxygens (including phenoxy) is 1. The van der Waals surface area contributed by atoms with Gasteiger partial charge in [0.2, 0.25) is 5.89 Å². The van der Waals surface area contributed by atoms with E-state index in [1.54, 1.807) is 25.1 Å². The Bertz CT molecular complexity index is 875. The molecule has 26 heavy (non-hydrogen) atoms. The molecule has 0 atom stereocenters. The number of aromatic nitrogens is 2. The molecule has 0 fully saturated rings. The lowest BCUT2D eigenvalue weighted by atomic mass is 10.1. The standard InChI is InChI=1S/C19H20N4O3/c1-3-25-15-10-8-14(9-11-15)22-19(24)16-6-4-5-7-17(16)20-12-18-21-13(2)23-26-18/h4-11,20H,3,12H2,1-2H3,(H,22,24). The van der Waals surface area contributed by atoms with Gasteiger partial charge in [0.1, 0.15) is 5.75 Å². The minimum absolute atomic E-state index is 0.209. The van der Waals surface area contributed by atoms with Crippen molar-refractivity contribution in [3.8, 4) is 5.75 Å². The lowest BCUT2D eigenvalue weighted by Gasteiger charge is -2.11. The SMILES string of the molecule is CCOc1ccc(NC(=O)c2ccccc2NCc2nc(C)no2)cc1. The Morgan fingerprint density at radius 2 is 1.92 bits per heavy atom. The highest BCUT2D eigenvalue weighted by Gasteiger charge is 2.12. The normalized spacial score (nSPS) is 10.4. The Balaban J connectivity index is 1.68. The van der Waals surface area contributed by atoms with Crippen molar-refractivity contribution in [1.29, 1.82) is 0 Å². The fourth-order valence-electron chi connectivity index (χ4n) is 2.42. The fraction of sp³-hybridized carbons (Fsp3) is 0.211. The lowest BCUT2D eigenvalue weighted by molar-refractivity contribution is 0.102. The summed E-state index contributed by atoms with van der Waals surface area (Å²) in [4.78, 5) is 16.8. The molecule has 0 aliphatic carbocycles. The van der Waals surface area contributed by atoms with E-state index in [9.17, 15) is 4.79 Å². The molecule has 0 unspecified atom stereocenters. The smallest absolute Gasteiger partial charge is 0.257 e. The molecule has 1 amide bonds. The number of aryl methyl sites for hydroxylation is 1. The molecule has 7 heteroatoms. The largest absolute Gasteiger partial charge is 0.494 e. The van der Waals surface area contributed by atoms with Gasteiger partial charge in [-0.15, -0.1) is 0 Å². The third kappa shape index (κ3) is 4.38. The molecule has 134 valence electrons. The molecule has 0 spiro atoms. The number of carbonyl (C=O) groups is 1. The van der Waals surface area contributed by atoms with Crippen LogP contribution in [0.5, 0.6) is 5.75 Å². The molecule has 0 saturated heterocycles. The number of nitrogens with one attached hydrogen (secondary N) is 2. The third-order valence-electron chi connectivity index (χ3n) is 3.59. The number of carbonyl (C=O) groups excluding carboxylic acids is 1. The number of hydrogen-bond donors (Lipinski definition) is 2. The van der Waals surface area contributed by atoms with Crippen LogP contribution in [0.3, 0.4) is 0 Å². The summed E-state index contributed by atoms with van der Waals surface area (Å²) in [6.45, 7) is 4.62. The fourth-order valence-corrected chi connectivity index (χ4v) is 2.42. The number of benzene rings is 2. The molecule has 0 aliphatic heterocycles. The van der Waals surface area contributed by atoms with Gasteiger partial charge in [-0.1, -0.05) is 17.3 Å². The van der Waals surface area contributed by atoms with Crippen LogP contribution in [-0.2, 0) is 6.54 Å². The Morgan fingerprint density at radius 3 is 2.62 bits per heavy atom. The molecular weight excluding hydrogens is 332 g/mol. The second-order valence-corrected chi connectivity index (χ2v) is 5.55. The number of amides is 1. The van der Waals surface area contributed by atoms with E-state index in [2.05, 4.69) is 20.8 Å². The highest BCUT2D eigenvalue weighted by Crippen LogP contribution is 2.20. The van der Waals surface area contributed by atoms with Gasteiger partial charge in [-0.3, -0.25) is 4.79 Å². The first-order chi connectivity index (χ1) is 12.7. The maximum absolute atomic E-state index is 12.6. The van der Waals surface area contributed by atoms with Gasteiger partial charge in [-0.25, -0.2) is 0 Å².